The number of hydrogen-bond donors (Lipinski definition) is 1. The summed E-state index contributed by atoms with van der Waals surface area (Å²) >= 11 is 0. The molecule has 0 aliphatic carbocycles. The van der Waals surface area contributed by atoms with Crippen LogP contribution in [0.25, 0.3) is 0 Å². The van der Waals surface area contributed by atoms with Gasteiger partial charge in [0, 0.05) is 32.1 Å². The van der Waals surface area contributed by atoms with Gasteiger partial charge in [0.25, 0.3) is 0 Å². The Balaban J connectivity index is 2.91. The second-order valence-corrected chi connectivity index (χ2v) is 5.76. The average molecular weight is 264 g/mol. The van der Waals surface area contributed by atoms with Gasteiger partial charge in [-0.25, -0.2) is 9.97 Å². The van der Waals surface area contributed by atoms with E-state index in [-0.39, 0.29) is 0 Å². The van der Waals surface area contributed by atoms with Crippen molar-refractivity contribution in [2.24, 2.45) is 5.92 Å². The number of aromatic nitrogens is 2. The fourth-order valence-corrected chi connectivity index (χ4v) is 1.74. The highest BCUT2D eigenvalue weighted by atomic mass is 15.2. The maximum atomic E-state index is 4.67. The van der Waals surface area contributed by atoms with Gasteiger partial charge in [-0.05, 0) is 19.3 Å². The zero-order valence-corrected chi connectivity index (χ0v) is 13.2. The van der Waals surface area contributed by atoms with E-state index in [1.165, 1.54) is 6.42 Å². The van der Waals surface area contributed by atoms with Gasteiger partial charge in [0.15, 0.2) is 0 Å². The van der Waals surface area contributed by atoms with Gasteiger partial charge in [0.1, 0.15) is 17.5 Å². The Morgan fingerprint density at radius 3 is 2.42 bits per heavy atom. The summed E-state index contributed by atoms with van der Waals surface area (Å²) in [5.41, 5.74) is 0. The van der Waals surface area contributed by atoms with Crippen LogP contribution in [0.1, 0.15) is 52.8 Å². The Morgan fingerprint density at radius 1 is 1.21 bits per heavy atom. The van der Waals surface area contributed by atoms with Gasteiger partial charge >= 0.3 is 0 Å². The lowest BCUT2D eigenvalue weighted by Gasteiger charge is -2.21. The Hall–Kier alpha value is -1.32. The van der Waals surface area contributed by atoms with E-state index in [1.54, 1.807) is 0 Å². The Morgan fingerprint density at radius 2 is 1.89 bits per heavy atom. The predicted molar refractivity (Wildman–Crippen MR) is 83.0 cm³/mol. The Labute approximate surface area is 117 Å². The molecule has 1 heterocycles. The fraction of sp³-hybridized carbons (Fsp3) is 0.733. The molecule has 0 saturated heterocycles. The summed E-state index contributed by atoms with van der Waals surface area (Å²) in [6.07, 6.45) is 1.17. The molecule has 1 rings (SSSR count). The summed E-state index contributed by atoms with van der Waals surface area (Å²) in [5.74, 6) is 3.89. The first-order chi connectivity index (χ1) is 8.93. The molecule has 4 nitrogen and oxygen atoms in total. The molecule has 19 heavy (non-hydrogen) atoms. The van der Waals surface area contributed by atoms with Crippen LogP contribution < -0.4 is 10.2 Å². The van der Waals surface area contributed by atoms with Crippen LogP contribution in [0, 0.1) is 5.92 Å². The third-order valence-electron chi connectivity index (χ3n) is 3.04. The number of nitrogens with zero attached hydrogens (tertiary/aromatic N) is 3. The van der Waals surface area contributed by atoms with Crippen molar-refractivity contribution in [2.45, 2.75) is 47.0 Å². The largest absolute Gasteiger partial charge is 0.370 e. The average Bonchev–Trinajstić information content (AvgIpc) is 2.35. The fourth-order valence-electron chi connectivity index (χ4n) is 1.74. The molecule has 0 atom stereocenters. The third kappa shape index (κ3) is 5.05. The van der Waals surface area contributed by atoms with Crippen molar-refractivity contribution in [3.05, 3.63) is 11.9 Å². The lowest BCUT2D eigenvalue weighted by atomic mass is 10.1. The molecule has 0 aliphatic rings. The molecule has 0 unspecified atom stereocenters. The van der Waals surface area contributed by atoms with Gasteiger partial charge in [-0.15, -0.1) is 0 Å². The van der Waals surface area contributed by atoms with Gasteiger partial charge < -0.3 is 10.2 Å². The Kier molecular flexibility index (Phi) is 6.06. The van der Waals surface area contributed by atoms with Crippen molar-refractivity contribution >= 4 is 11.6 Å². The van der Waals surface area contributed by atoms with E-state index < -0.39 is 0 Å². The summed E-state index contributed by atoms with van der Waals surface area (Å²) in [6, 6.07) is 2.04. The van der Waals surface area contributed by atoms with E-state index in [1.807, 2.05) is 6.07 Å². The molecule has 0 fully saturated rings. The number of anilines is 2. The summed E-state index contributed by atoms with van der Waals surface area (Å²) in [7, 11) is 2.10. The van der Waals surface area contributed by atoms with E-state index in [0.717, 1.165) is 30.5 Å². The van der Waals surface area contributed by atoms with Gasteiger partial charge in [-0.2, -0.15) is 0 Å². The topological polar surface area (TPSA) is 41.0 Å². The predicted octanol–water partition coefficient (Wildman–Crippen LogP) is 3.51. The first-order valence-corrected chi connectivity index (χ1v) is 7.28. The highest BCUT2D eigenvalue weighted by Crippen LogP contribution is 2.19. The third-order valence-corrected chi connectivity index (χ3v) is 3.04. The van der Waals surface area contributed by atoms with Crippen LogP contribution in [0.4, 0.5) is 11.6 Å². The lowest BCUT2D eigenvalue weighted by Crippen LogP contribution is -2.22. The van der Waals surface area contributed by atoms with Crippen LogP contribution in [0.5, 0.6) is 0 Å². The maximum absolute atomic E-state index is 4.67. The van der Waals surface area contributed by atoms with Crippen LogP contribution in [-0.2, 0) is 0 Å². The first-order valence-electron chi connectivity index (χ1n) is 7.28. The second kappa shape index (κ2) is 7.31. The van der Waals surface area contributed by atoms with E-state index in [9.17, 15) is 0 Å². The molecule has 0 amide bonds. The van der Waals surface area contributed by atoms with E-state index in [2.05, 4.69) is 61.9 Å². The molecule has 0 saturated carbocycles. The molecule has 4 heteroatoms. The minimum absolute atomic E-state index is 0.343. The molecule has 1 N–H and O–H groups in total. The minimum atomic E-state index is 0.343. The van der Waals surface area contributed by atoms with Gasteiger partial charge in [0.2, 0.25) is 0 Å². The Bertz CT molecular complexity index is 388. The van der Waals surface area contributed by atoms with Crippen molar-refractivity contribution in [3.8, 4) is 0 Å². The van der Waals surface area contributed by atoms with Crippen molar-refractivity contribution in [1.82, 2.24) is 9.97 Å². The summed E-state index contributed by atoms with van der Waals surface area (Å²) in [5, 5.41) is 3.29. The molecule has 0 bridgehead atoms. The second-order valence-electron chi connectivity index (χ2n) is 5.76. The van der Waals surface area contributed by atoms with Crippen LogP contribution in [0.15, 0.2) is 6.07 Å². The van der Waals surface area contributed by atoms with Crippen LogP contribution in [0.2, 0.25) is 0 Å². The molecule has 108 valence electrons. The molecule has 0 radical (unpaired) electrons. The first kappa shape index (κ1) is 15.7. The SMILES string of the molecule is CCNc1cc(N(C)CCC(C)C)nc(C(C)C)n1. The van der Waals surface area contributed by atoms with Crippen molar-refractivity contribution in [3.63, 3.8) is 0 Å². The standard InChI is InChI=1S/C15H28N4/c1-7-16-13-10-14(18-15(17-13)12(4)5)19(6)9-8-11(2)3/h10-12H,7-9H2,1-6H3,(H,16,17,18). The smallest absolute Gasteiger partial charge is 0.135 e. The summed E-state index contributed by atoms with van der Waals surface area (Å²) < 4.78 is 0. The van der Waals surface area contributed by atoms with E-state index in [0.29, 0.717) is 11.8 Å². The van der Waals surface area contributed by atoms with Gasteiger partial charge in [-0.1, -0.05) is 27.7 Å². The molecule has 1 aromatic heterocycles. The highest BCUT2D eigenvalue weighted by Gasteiger charge is 2.11. The molecule has 1 aromatic rings. The van der Waals surface area contributed by atoms with Gasteiger partial charge in [-0.3, -0.25) is 0 Å². The molecule has 0 aliphatic heterocycles. The maximum Gasteiger partial charge on any atom is 0.135 e. The van der Waals surface area contributed by atoms with Crippen LogP contribution in [0.3, 0.4) is 0 Å². The van der Waals surface area contributed by atoms with Crippen molar-refractivity contribution in [2.75, 3.05) is 30.4 Å². The quantitative estimate of drug-likeness (QED) is 0.818. The molecular weight excluding hydrogens is 236 g/mol. The highest BCUT2D eigenvalue weighted by molar-refractivity contribution is 5.49. The molecular formula is C15H28N4. The monoisotopic (exact) mass is 264 g/mol. The van der Waals surface area contributed by atoms with E-state index in [4.69, 9.17) is 0 Å². The number of hydrogen-bond acceptors (Lipinski definition) is 4. The van der Waals surface area contributed by atoms with Crippen LogP contribution in [-0.4, -0.2) is 30.1 Å². The number of rotatable bonds is 7. The molecule has 0 spiro atoms. The van der Waals surface area contributed by atoms with Crippen LogP contribution >= 0.6 is 0 Å². The van der Waals surface area contributed by atoms with Crippen molar-refractivity contribution in [1.29, 1.82) is 0 Å². The lowest BCUT2D eigenvalue weighted by molar-refractivity contribution is 0.582. The summed E-state index contributed by atoms with van der Waals surface area (Å²) in [4.78, 5) is 11.4. The summed E-state index contributed by atoms with van der Waals surface area (Å²) in [6.45, 7) is 12.7. The zero-order valence-electron chi connectivity index (χ0n) is 13.2. The van der Waals surface area contributed by atoms with E-state index >= 15 is 0 Å². The minimum Gasteiger partial charge on any atom is -0.370 e. The normalized spacial score (nSPS) is 11.2. The zero-order chi connectivity index (χ0) is 14.4. The van der Waals surface area contributed by atoms with Gasteiger partial charge in [0.05, 0.1) is 0 Å². The number of nitrogens with one attached hydrogen (secondary N) is 1. The van der Waals surface area contributed by atoms with Crippen molar-refractivity contribution < 1.29 is 0 Å². The molecule has 0 aromatic carbocycles.